The SMILES string of the molecule is CC(C)(C)c1c(N)c(Cl)c(CC(C)(C)c2c(O)ccc(F)c2F)c(Cl)c1F. The second-order valence-corrected chi connectivity index (χ2v) is 9.03. The van der Waals surface area contributed by atoms with Crippen LogP contribution in [0, 0.1) is 17.5 Å². The van der Waals surface area contributed by atoms with Gasteiger partial charge in [-0.05, 0) is 29.5 Å². The van der Waals surface area contributed by atoms with E-state index < -0.39 is 34.0 Å². The molecule has 0 radical (unpaired) electrons. The third-order valence-electron chi connectivity index (χ3n) is 4.57. The van der Waals surface area contributed by atoms with Gasteiger partial charge in [0.05, 0.1) is 15.7 Å². The Morgan fingerprint density at radius 2 is 1.48 bits per heavy atom. The van der Waals surface area contributed by atoms with E-state index in [-0.39, 0.29) is 38.8 Å². The lowest BCUT2D eigenvalue weighted by atomic mass is 9.77. The maximum Gasteiger partial charge on any atom is 0.166 e. The molecule has 0 aliphatic rings. The molecule has 0 aliphatic carbocycles. The lowest BCUT2D eigenvalue weighted by molar-refractivity contribution is 0.396. The van der Waals surface area contributed by atoms with Crippen LogP contribution in [0.15, 0.2) is 12.1 Å². The Hall–Kier alpha value is -1.59. The van der Waals surface area contributed by atoms with Gasteiger partial charge in [-0.2, -0.15) is 0 Å². The summed E-state index contributed by atoms with van der Waals surface area (Å²) < 4.78 is 43.0. The fourth-order valence-electron chi connectivity index (χ4n) is 3.33. The van der Waals surface area contributed by atoms with Crippen LogP contribution in [0.4, 0.5) is 18.9 Å². The van der Waals surface area contributed by atoms with Crippen LogP contribution in [0.3, 0.4) is 0 Å². The normalized spacial score (nSPS) is 12.5. The average Bonchev–Trinajstić information content (AvgIpc) is 2.52. The van der Waals surface area contributed by atoms with Gasteiger partial charge >= 0.3 is 0 Å². The highest BCUT2D eigenvalue weighted by Crippen LogP contribution is 2.45. The van der Waals surface area contributed by atoms with Gasteiger partial charge < -0.3 is 10.8 Å². The Bertz CT molecular complexity index is 876. The van der Waals surface area contributed by atoms with Gasteiger partial charge in [0.1, 0.15) is 11.6 Å². The number of halogens is 5. The highest BCUT2D eigenvalue weighted by molar-refractivity contribution is 6.38. The Balaban J connectivity index is 2.67. The van der Waals surface area contributed by atoms with Crippen LogP contribution in [0.1, 0.15) is 51.3 Å². The van der Waals surface area contributed by atoms with Crippen molar-refractivity contribution in [2.24, 2.45) is 0 Å². The van der Waals surface area contributed by atoms with Crippen LogP contribution >= 0.6 is 23.2 Å². The van der Waals surface area contributed by atoms with E-state index in [9.17, 15) is 18.3 Å². The zero-order valence-corrected chi connectivity index (χ0v) is 17.3. The van der Waals surface area contributed by atoms with Crippen LogP contribution in [0.5, 0.6) is 5.75 Å². The molecule has 0 aliphatic heterocycles. The second kappa shape index (κ2) is 7.10. The van der Waals surface area contributed by atoms with E-state index >= 15 is 0 Å². The van der Waals surface area contributed by atoms with Gasteiger partial charge in [0, 0.05) is 16.5 Å². The number of phenolic OH excluding ortho intramolecular Hbond substituents is 1. The monoisotopic (exact) mass is 419 g/mol. The third kappa shape index (κ3) is 3.85. The molecule has 2 nitrogen and oxygen atoms in total. The van der Waals surface area contributed by atoms with E-state index in [0.717, 1.165) is 12.1 Å². The number of nitrogens with two attached hydrogens (primary N) is 1. The molecule has 0 aromatic heterocycles. The predicted molar refractivity (Wildman–Crippen MR) is 104 cm³/mol. The Morgan fingerprint density at radius 3 is 2.00 bits per heavy atom. The smallest absolute Gasteiger partial charge is 0.166 e. The van der Waals surface area contributed by atoms with Crippen molar-refractivity contribution in [2.75, 3.05) is 5.73 Å². The molecule has 0 fully saturated rings. The fourth-order valence-corrected chi connectivity index (χ4v) is 3.89. The van der Waals surface area contributed by atoms with E-state index in [0.29, 0.717) is 0 Å². The highest BCUT2D eigenvalue weighted by atomic mass is 35.5. The summed E-state index contributed by atoms with van der Waals surface area (Å²) in [5, 5.41) is 9.90. The van der Waals surface area contributed by atoms with Crippen molar-refractivity contribution in [3.8, 4) is 5.75 Å². The van der Waals surface area contributed by atoms with Crippen molar-refractivity contribution in [1.29, 1.82) is 0 Å². The summed E-state index contributed by atoms with van der Waals surface area (Å²) >= 11 is 12.6. The van der Waals surface area contributed by atoms with Gasteiger partial charge in [0.15, 0.2) is 11.6 Å². The zero-order valence-electron chi connectivity index (χ0n) is 15.8. The minimum Gasteiger partial charge on any atom is -0.508 e. The maximum absolute atomic E-state index is 14.9. The maximum atomic E-state index is 14.9. The van der Waals surface area contributed by atoms with E-state index in [1.54, 1.807) is 34.6 Å². The average molecular weight is 420 g/mol. The van der Waals surface area contributed by atoms with Gasteiger partial charge in [0.25, 0.3) is 0 Å². The Labute approximate surface area is 167 Å². The van der Waals surface area contributed by atoms with Gasteiger partial charge in [-0.3, -0.25) is 0 Å². The van der Waals surface area contributed by atoms with E-state index in [1.807, 2.05) is 0 Å². The lowest BCUT2D eigenvalue weighted by Gasteiger charge is -2.30. The van der Waals surface area contributed by atoms with E-state index in [1.165, 1.54) is 0 Å². The van der Waals surface area contributed by atoms with E-state index in [2.05, 4.69) is 0 Å². The summed E-state index contributed by atoms with van der Waals surface area (Å²) in [6.45, 7) is 8.47. The molecule has 0 amide bonds. The van der Waals surface area contributed by atoms with Crippen molar-refractivity contribution in [1.82, 2.24) is 0 Å². The quantitative estimate of drug-likeness (QED) is 0.439. The first-order valence-electron chi connectivity index (χ1n) is 8.32. The van der Waals surface area contributed by atoms with Crippen LogP contribution in [0.2, 0.25) is 10.0 Å². The molecule has 0 unspecified atom stereocenters. The summed E-state index contributed by atoms with van der Waals surface area (Å²) in [5.41, 5.74) is 4.47. The molecular formula is C20H22Cl2F3NO. The number of phenols is 1. The second-order valence-electron chi connectivity index (χ2n) is 8.28. The summed E-state index contributed by atoms with van der Waals surface area (Å²) in [5.74, 6) is -3.37. The number of benzene rings is 2. The van der Waals surface area contributed by atoms with Crippen LogP contribution in [-0.2, 0) is 17.3 Å². The van der Waals surface area contributed by atoms with Crippen molar-refractivity contribution >= 4 is 28.9 Å². The first-order valence-corrected chi connectivity index (χ1v) is 9.08. The van der Waals surface area contributed by atoms with Crippen molar-refractivity contribution < 1.29 is 18.3 Å². The number of hydrogen-bond acceptors (Lipinski definition) is 2. The molecule has 0 saturated heterocycles. The largest absolute Gasteiger partial charge is 0.508 e. The van der Waals surface area contributed by atoms with Crippen molar-refractivity contribution in [3.63, 3.8) is 0 Å². The molecule has 2 aromatic rings. The summed E-state index contributed by atoms with van der Waals surface area (Å²) in [4.78, 5) is 0. The lowest BCUT2D eigenvalue weighted by Crippen LogP contribution is -2.25. The highest BCUT2D eigenvalue weighted by Gasteiger charge is 2.34. The minimum absolute atomic E-state index is 0.0563. The molecule has 7 heteroatoms. The summed E-state index contributed by atoms with van der Waals surface area (Å²) in [7, 11) is 0. The first-order chi connectivity index (χ1) is 12.2. The van der Waals surface area contributed by atoms with Gasteiger partial charge in [0.2, 0.25) is 0 Å². The standard InChI is InChI=1S/C20H22Cl2F3NO/c1-19(2,3)13-17(25)14(21)9(15(22)18(13)26)8-20(4,5)12-11(27)7-6-10(23)16(12)24/h6-7,27H,8,26H2,1-5H3. The number of anilines is 1. The minimum atomic E-state index is -1.17. The number of hydrogen-bond donors (Lipinski definition) is 2. The van der Waals surface area contributed by atoms with Crippen LogP contribution in [0.25, 0.3) is 0 Å². The summed E-state index contributed by atoms with van der Waals surface area (Å²) in [6.07, 6.45) is -0.0653. The fraction of sp³-hybridized carbons (Fsp3) is 0.400. The number of rotatable bonds is 3. The first kappa shape index (κ1) is 21.7. The summed E-state index contributed by atoms with van der Waals surface area (Å²) in [6, 6.07) is 1.90. The zero-order chi connectivity index (χ0) is 20.9. The van der Waals surface area contributed by atoms with Gasteiger partial charge in [-0.15, -0.1) is 0 Å². The topological polar surface area (TPSA) is 46.2 Å². The van der Waals surface area contributed by atoms with Crippen molar-refractivity contribution in [2.45, 2.75) is 51.9 Å². The number of aromatic hydroxyl groups is 1. The molecule has 2 aromatic carbocycles. The molecular weight excluding hydrogens is 398 g/mol. The Morgan fingerprint density at radius 1 is 0.926 bits per heavy atom. The van der Waals surface area contributed by atoms with Crippen molar-refractivity contribution in [3.05, 3.63) is 56.3 Å². The molecule has 148 valence electrons. The number of nitrogen functional groups attached to an aromatic ring is 1. The van der Waals surface area contributed by atoms with Crippen LogP contribution < -0.4 is 5.73 Å². The molecule has 0 saturated carbocycles. The third-order valence-corrected chi connectivity index (χ3v) is 5.39. The van der Waals surface area contributed by atoms with E-state index in [4.69, 9.17) is 28.9 Å². The molecule has 3 N–H and O–H groups in total. The molecule has 0 heterocycles. The predicted octanol–water partition coefficient (Wildman–Crippen LogP) is 6.52. The molecule has 0 bridgehead atoms. The molecule has 2 rings (SSSR count). The van der Waals surface area contributed by atoms with Gasteiger partial charge in [-0.1, -0.05) is 57.8 Å². The van der Waals surface area contributed by atoms with Gasteiger partial charge in [-0.25, -0.2) is 13.2 Å². The molecule has 27 heavy (non-hydrogen) atoms. The van der Waals surface area contributed by atoms with Crippen LogP contribution in [-0.4, -0.2) is 5.11 Å². The molecule has 0 spiro atoms. The Kier molecular flexibility index (Phi) is 5.71. The molecule has 0 atom stereocenters.